The monoisotopic (exact) mass is 190 g/mol. The molecular weight excluding hydrogens is 182 g/mol. The average Bonchev–Trinajstić information content (AvgIpc) is 1.61. The van der Waals surface area contributed by atoms with Crippen LogP contribution in [0, 0.1) is 0 Å². The van der Waals surface area contributed by atoms with Crippen molar-refractivity contribution >= 4 is 15.7 Å². The zero-order chi connectivity index (χ0) is 5.70. The van der Waals surface area contributed by atoms with Crippen molar-refractivity contribution in [2.24, 2.45) is 0 Å². The first kappa shape index (κ1) is 11.9. The second kappa shape index (κ2) is 8.18. The maximum atomic E-state index is 8.11. The van der Waals surface area contributed by atoms with Gasteiger partial charge in [-0.05, 0) is 0 Å². The van der Waals surface area contributed by atoms with E-state index in [9.17, 15) is 0 Å². The van der Waals surface area contributed by atoms with Crippen LogP contribution < -0.4 is 29.6 Å². The van der Waals surface area contributed by atoms with E-state index in [1.54, 1.807) is 0 Å². The predicted molar refractivity (Wildman–Crippen MR) is 27.5 cm³/mol. The van der Waals surface area contributed by atoms with Crippen molar-refractivity contribution in [1.29, 1.82) is 0 Å². The molecule has 0 atom stereocenters. The number of hydrogen-bond donors (Lipinski definition) is 2. The molecule has 0 rings (SSSR count). The molecule has 0 saturated heterocycles. The standard InChI is InChI=1S/C3H7AsO3.Na.H/c1-2-3-7-4(5)6;;/h2,5-6H,1,3H2;;/q;+1;-1. The van der Waals surface area contributed by atoms with E-state index < -0.39 is 15.7 Å². The Balaban J connectivity index is -0.000000180. The molecule has 0 radical (unpaired) electrons. The summed E-state index contributed by atoms with van der Waals surface area (Å²) in [6.45, 7) is 3.54. The molecule has 2 N–H and O–H groups in total. The second-order valence-corrected chi connectivity index (χ2v) is 2.44. The predicted octanol–water partition coefficient (Wildman–Crippen LogP) is -3.72. The van der Waals surface area contributed by atoms with Crippen LogP contribution in [0.3, 0.4) is 0 Å². The minimum atomic E-state index is -2.81. The van der Waals surface area contributed by atoms with E-state index in [2.05, 4.69) is 10.3 Å². The molecule has 0 unspecified atom stereocenters. The zero-order valence-corrected chi connectivity index (χ0v) is 8.62. The molecule has 0 heterocycles. The summed E-state index contributed by atoms with van der Waals surface area (Å²) in [5.74, 6) is 0. The van der Waals surface area contributed by atoms with Gasteiger partial charge in [0.05, 0.1) is 0 Å². The van der Waals surface area contributed by atoms with Gasteiger partial charge in [0.1, 0.15) is 0 Å². The Labute approximate surface area is 77.5 Å². The summed E-state index contributed by atoms with van der Waals surface area (Å²) in [4.78, 5) is 0. The number of rotatable bonds is 3. The van der Waals surface area contributed by atoms with Gasteiger partial charge in [-0.25, -0.2) is 0 Å². The molecule has 0 aliphatic heterocycles. The molecule has 0 spiro atoms. The molecule has 3 nitrogen and oxygen atoms in total. The van der Waals surface area contributed by atoms with Gasteiger partial charge in [0.25, 0.3) is 0 Å². The van der Waals surface area contributed by atoms with Gasteiger partial charge < -0.3 is 1.43 Å². The Morgan fingerprint density at radius 2 is 2.25 bits per heavy atom. The van der Waals surface area contributed by atoms with Gasteiger partial charge in [-0.15, -0.1) is 0 Å². The van der Waals surface area contributed by atoms with E-state index in [1.165, 1.54) is 6.08 Å². The summed E-state index contributed by atoms with van der Waals surface area (Å²) in [6, 6.07) is 0. The first-order valence-corrected chi connectivity index (χ1v) is 4.13. The summed E-state index contributed by atoms with van der Waals surface area (Å²) in [7, 11) is 0. The van der Waals surface area contributed by atoms with Gasteiger partial charge in [-0.3, -0.25) is 0 Å². The van der Waals surface area contributed by atoms with Crippen molar-refractivity contribution in [3.63, 3.8) is 0 Å². The molecule has 0 aliphatic rings. The van der Waals surface area contributed by atoms with Crippen LogP contribution in [-0.4, -0.2) is 30.5 Å². The van der Waals surface area contributed by atoms with Gasteiger partial charge in [-0.2, -0.15) is 0 Å². The normalized spacial score (nSPS) is 8.38. The molecular formula is C3H8AsNaO3. The maximum Gasteiger partial charge on any atom is 1.00 e. The molecule has 0 fully saturated rings. The smallest absolute Gasteiger partial charge is 1.00 e. The fourth-order valence-corrected chi connectivity index (χ4v) is 0.620. The van der Waals surface area contributed by atoms with Crippen molar-refractivity contribution < 1.29 is 42.9 Å². The van der Waals surface area contributed by atoms with E-state index in [1.807, 2.05) is 0 Å². The first-order chi connectivity index (χ1) is 3.27. The molecule has 44 valence electrons. The first-order valence-electron chi connectivity index (χ1n) is 1.69. The van der Waals surface area contributed by atoms with Crippen molar-refractivity contribution in [2.45, 2.75) is 0 Å². The molecule has 0 aromatic carbocycles. The molecule has 5 heteroatoms. The van der Waals surface area contributed by atoms with Crippen molar-refractivity contribution in [1.82, 2.24) is 0 Å². The van der Waals surface area contributed by atoms with Crippen molar-refractivity contribution in [3.05, 3.63) is 12.7 Å². The van der Waals surface area contributed by atoms with Crippen LogP contribution in [0.1, 0.15) is 1.43 Å². The summed E-state index contributed by atoms with van der Waals surface area (Å²) < 4.78 is 20.6. The van der Waals surface area contributed by atoms with Crippen LogP contribution in [-0.2, 0) is 3.73 Å². The number of hydrogen-bond acceptors (Lipinski definition) is 3. The largest absolute Gasteiger partial charge is 1.00 e. The minimum absolute atomic E-state index is 0. The Morgan fingerprint density at radius 1 is 1.75 bits per heavy atom. The second-order valence-electron chi connectivity index (χ2n) is 0.837. The Kier molecular flexibility index (Phi) is 12.2. The summed E-state index contributed by atoms with van der Waals surface area (Å²) in [6.07, 6.45) is 1.47. The zero-order valence-electron chi connectivity index (χ0n) is 5.74. The molecule has 0 bridgehead atoms. The maximum absolute atomic E-state index is 8.11. The van der Waals surface area contributed by atoms with Crippen LogP contribution in [0.5, 0.6) is 0 Å². The summed E-state index contributed by atoms with van der Waals surface area (Å²) in [5.41, 5.74) is 0. The van der Waals surface area contributed by atoms with Crippen LogP contribution in [0.4, 0.5) is 0 Å². The third-order valence-electron chi connectivity index (χ3n) is 0.308. The van der Waals surface area contributed by atoms with Gasteiger partial charge in [0.2, 0.25) is 0 Å². The fourth-order valence-electron chi connectivity index (χ4n) is 0.119. The van der Waals surface area contributed by atoms with Crippen LogP contribution in [0.2, 0.25) is 0 Å². The average molecular weight is 190 g/mol. The van der Waals surface area contributed by atoms with E-state index in [0.717, 1.165) is 0 Å². The summed E-state index contributed by atoms with van der Waals surface area (Å²) >= 11 is -2.81. The SMILES string of the molecule is C=CCO[As](O)O.[H-].[Na+]. The molecule has 0 aromatic heterocycles. The fraction of sp³-hybridized carbons (Fsp3) is 0.333. The van der Waals surface area contributed by atoms with Crippen molar-refractivity contribution in [2.75, 3.05) is 6.61 Å². The van der Waals surface area contributed by atoms with Crippen LogP contribution in [0.15, 0.2) is 12.7 Å². The van der Waals surface area contributed by atoms with Gasteiger partial charge in [0, 0.05) is 0 Å². The quantitative estimate of drug-likeness (QED) is 0.355. The Hall–Kier alpha value is 1.18. The molecule has 8 heavy (non-hydrogen) atoms. The third kappa shape index (κ3) is 10.2. The third-order valence-corrected chi connectivity index (χ3v) is 1.11. The van der Waals surface area contributed by atoms with E-state index >= 15 is 0 Å². The van der Waals surface area contributed by atoms with Gasteiger partial charge in [0.15, 0.2) is 0 Å². The minimum Gasteiger partial charge on any atom is -1.00 e. The van der Waals surface area contributed by atoms with Crippen LogP contribution in [0.25, 0.3) is 0 Å². The molecule has 0 saturated carbocycles. The summed E-state index contributed by atoms with van der Waals surface area (Å²) in [5, 5.41) is 0. The van der Waals surface area contributed by atoms with Crippen molar-refractivity contribution in [3.8, 4) is 0 Å². The topological polar surface area (TPSA) is 49.7 Å². The van der Waals surface area contributed by atoms with E-state index in [-0.39, 0.29) is 37.6 Å². The molecule has 0 amide bonds. The molecule has 0 aromatic rings. The van der Waals surface area contributed by atoms with E-state index in [4.69, 9.17) is 8.19 Å². The van der Waals surface area contributed by atoms with E-state index in [0.29, 0.717) is 0 Å². The van der Waals surface area contributed by atoms with Gasteiger partial charge >= 0.3 is 76.4 Å². The van der Waals surface area contributed by atoms with Gasteiger partial charge in [-0.1, -0.05) is 0 Å². The van der Waals surface area contributed by atoms with Crippen LogP contribution >= 0.6 is 0 Å². The molecule has 0 aliphatic carbocycles. The Morgan fingerprint density at radius 3 is 2.38 bits per heavy atom. The Bertz CT molecular complexity index is 63.0.